The van der Waals surface area contributed by atoms with Gasteiger partial charge in [0.1, 0.15) is 5.00 Å². The zero-order valence-corrected chi connectivity index (χ0v) is 11.7. The van der Waals surface area contributed by atoms with Gasteiger partial charge < -0.3 is 10.6 Å². The van der Waals surface area contributed by atoms with Gasteiger partial charge in [-0.2, -0.15) is 0 Å². The number of amides is 1. The molecule has 3 rings (SSSR count). The molecule has 0 bridgehead atoms. The van der Waals surface area contributed by atoms with E-state index in [0.29, 0.717) is 6.04 Å². The average molecular weight is 281 g/mol. The van der Waals surface area contributed by atoms with E-state index in [2.05, 4.69) is 25.1 Å². The quantitative estimate of drug-likeness (QED) is 0.853. The van der Waals surface area contributed by atoms with Gasteiger partial charge >= 0.3 is 0 Å². The minimum atomic E-state index is 0.0187. The Bertz CT molecular complexity index is 418. The van der Waals surface area contributed by atoms with E-state index < -0.39 is 0 Å². The van der Waals surface area contributed by atoms with E-state index in [1.165, 1.54) is 11.5 Å². The van der Waals surface area contributed by atoms with E-state index in [1.807, 2.05) is 0 Å². The Hall–Kier alpha value is -1.05. The predicted octanol–water partition coefficient (Wildman–Crippen LogP) is 0.693. The molecule has 7 heteroatoms. The van der Waals surface area contributed by atoms with Gasteiger partial charge in [0.2, 0.25) is 5.91 Å². The largest absolute Gasteiger partial charge is 0.317 e. The lowest BCUT2D eigenvalue weighted by Gasteiger charge is -2.35. The normalized spacial score (nSPS) is 25.6. The standard InChI is InChI=1S/C12H19N5OS/c18-12(15-11-8-14-16-19-11)10-2-1-7-17(10)9-3-5-13-6-4-9/h8-10,13H,1-7H2,(H,15,18). The zero-order valence-electron chi connectivity index (χ0n) is 10.8. The molecule has 0 radical (unpaired) electrons. The first-order valence-electron chi connectivity index (χ1n) is 6.89. The number of rotatable bonds is 3. The molecule has 19 heavy (non-hydrogen) atoms. The average Bonchev–Trinajstić information content (AvgIpc) is 3.10. The molecular formula is C12H19N5OS. The Morgan fingerprint density at radius 2 is 2.26 bits per heavy atom. The number of hydrogen-bond donors (Lipinski definition) is 2. The molecule has 0 spiro atoms. The second-order valence-electron chi connectivity index (χ2n) is 5.15. The number of nitrogens with zero attached hydrogens (tertiary/aromatic N) is 3. The van der Waals surface area contributed by atoms with Crippen molar-refractivity contribution in [3.63, 3.8) is 0 Å². The summed E-state index contributed by atoms with van der Waals surface area (Å²) in [7, 11) is 0. The van der Waals surface area contributed by atoms with E-state index >= 15 is 0 Å². The summed E-state index contributed by atoms with van der Waals surface area (Å²) in [6.07, 6.45) is 5.97. The molecule has 2 fully saturated rings. The molecule has 1 aromatic heterocycles. The number of hydrogen-bond acceptors (Lipinski definition) is 6. The van der Waals surface area contributed by atoms with Crippen molar-refractivity contribution in [1.82, 2.24) is 19.8 Å². The van der Waals surface area contributed by atoms with E-state index in [4.69, 9.17) is 0 Å². The lowest BCUT2D eigenvalue weighted by atomic mass is 10.0. The van der Waals surface area contributed by atoms with Crippen LogP contribution < -0.4 is 10.6 Å². The number of anilines is 1. The van der Waals surface area contributed by atoms with Crippen LogP contribution in [0.15, 0.2) is 6.20 Å². The lowest BCUT2D eigenvalue weighted by molar-refractivity contribution is -0.121. The van der Waals surface area contributed by atoms with Crippen molar-refractivity contribution in [2.45, 2.75) is 37.8 Å². The summed E-state index contributed by atoms with van der Waals surface area (Å²) in [5.41, 5.74) is 0. The van der Waals surface area contributed by atoms with Gasteiger partial charge in [0, 0.05) is 17.6 Å². The molecule has 2 aliphatic heterocycles. The lowest BCUT2D eigenvalue weighted by Crippen LogP contribution is -2.49. The number of piperidine rings is 1. The van der Waals surface area contributed by atoms with Crippen LogP contribution >= 0.6 is 11.5 Å². The first kappa shape index (κ1) is 13.0. The van der Waals surface area contributed by atoms with Crippen LogP contribution in [0.4, 0.5) is 5.00 Å². The van der Waals surface area contributed by atoms with E-state index in [0.717, 1.165) is 50.3 Å². The van der Waals surface area contributed by atoms with Crippen LogP contribution in [0, 0.1) is 0 Å². The molecule has 2 saturated heterocycles. The third kappa shape index (κ3) is 2.93. The molecule has 6 nitrogen and oxygen atoms in total. The maximum absolute atomic E-state index is 12.3. The van der Waals surface area contributed by atoms with Crippen LogP contribution in [0.1, 0.15) is 25.7 Å². The van der Waals surface area contributed by atoms with Crippen LogP contribution in [-0.2, 0) is 4.79 Å². The Kier molecular flexibility index (Phi) is 4.05. The molecule has 1 unspecified atom stereocenters. The van der Waals surface area contributed by atoms with Crippen molar-refractivity contribution in [3.05, 3.63) is 6.20 Å². The van der Waals surface area contributed by atoms with Gasteiger partial charge in [-0.25, -0.2) is 0 Å². The highest BCUT2D eigenvalue weighted by Gasteiger charge is 2.35. The van der Waals surface area contributed by atoms with Gasteiger partial charge in [0.15, 0.2) is 0 Å². The predicted molar refractivity (Wildman–Crippen MR) is 74.2 cm³/mol. The third-order valence-corrected chi connectivity index (χ3v) is 4.56. The van der Waals surface area contributed by atoms with Gasteiger partial charge in [-0.05, 0) is 45.3 Å². The van der Waals surface area contributed by atoms with Crippen molar-refractivity contribution >= 4 is 22.4 Å². The van der Waals surface area contributed by atoms with Gasteiger partial charge in [0.25, 0.3) is 0 Å². The van der Waals surface area contributed by atoms with Crippen LogP contribution in [0.25, 0.3) is 0 Å². The first-order chi connectivity index (χ1) is 9.34. The SMILES string of the molecule is O=C(Nc1cnns1)C1CCCN1C1CCNCC1. The smallest absolute Gasteiger partial charge is 0.242 e. The fourth-order valence-corrected chi connectivity index (χ4v) is 3.50. The van der Waals surface area contributed by atoms with E-state index in [-0.39, 0.29) is 11.9 Å². The summed E-state index contributed by atoms with van der Waals surface area (Å²) >= 11 is 1.23. The third-order valence-electron chi connectivity index (χ3n) is 3.98. The van der Waals surface area contributed by atoms with E-state index in [1.54, 1.807) is 6.20 Å². The second-order valence-corrected chi connectivity index (χ2v) is 5.93. The zero-order chi connectivity index (χ0) is 13.1. The maximum atomic E-state index is 12.3. The summed E-state index contributed by atoms with van der Waals surface area (Å²) in [5, 5.41) is 10.8. The molecule has 0 aromatic carbocycles. The van der Waals surface area contributed by atoms with Gasteiger partial charge in [-0.1, -0.05) is 4.49 Å². The maximum Gasteiger partial charge on any atom is 0.242 e. The second kappa shape index (κ2) is 5.94. The van der Waals surface area contributed by atoms with Gasteiger partial charge in [0.05, 0.1) is 12.2 Å². The molecule has 0 aliphatic carbocycles. The van der Waals surface area contributed by atoms with Crippen LogP contribution in [-0.4, -0.2) is 52.1 Å². The highest BCUT2D eigenvalue weighted by molar-refractivity contribution is 7.10. The van der Waals surface area contributed by atoms with Crippen LogP contribution in [0.2, 0.25) is 0 Å². The molecule has 1 amide bonds. The Balaban J connectivity index is 1.63. The fourth-order valence-electron chi connectivity index (χ4n) is 3.07. The molecule has 104 valence electrons. The number of nitrogens with one attached hydrogen (secondary N) is 2. The summed E-state index contributed by atoms with van der Waals surface area (Å²) in [6, 6.07) is 0.573. The van der Waals surface area contributed by atoms with Crippen molar-refractivity contribution in [2.75, 3.05) is 25.0 Å². The molecule has 1 aromatic rings. The minimum Gasteiger partial charge on any atom is -0.317 e. The molecular weight excluding hydrogens is 262 g/mol. The number of likely N-dealkylation sites (tertiary alicyclic amines) is 1. The van der Waals surface area contributed by atoms with Crippen LogP contribution in [0.5, 0.6) is 0 Å². The highest BCUT2D eigenvalue weighted by atomic mass is 32.1. The molecule has 3 heterocycles. The monoisotopic (exact) mass is 281 g/mol. The highest BCUT2D eigenvalue weighted by Crippen LogP contribution is 2.25. The van der Waals surface area contributed by atoms with Crippen LogP contribution in [0.3, 0.4) is 0 Å². The Morgan fingerprint density at radius 3 is 3.00 bits per heavy atom. The number of carbonyl (C=O) groups is 1. The Labute approximate surface area is 116 Å². The van der Waals surface area contributed by atoms with Crippen molar-refractivity contribution < 1.29 is 4.79 Å². The Morgan fingerprint density at radius 1 is 1.42 bits per heavy atom. The summed E-state index contributed by atoms with van der Waals surface area (Å²) in [4.78, 5) is 14.7. The molecule has 2 aliphatic rings. The summed E-state index contributed by atoms with van der Waals surface area (Å²) in [6.45, 7) is 3.17. The minimum absolute atomic E-state index is 0.0187. The fraction of sp³-hybridized carbons (Fsp3) is 0.750. The van der Waals surface area contributed by atoms with Crippen molar-refractivity contribution in [1.29, 1.82) is 0 Å². The topological polar surface area (TPSA) is 70.2 Å². The van der Waals surface area contributed by atoms with Crippen molar-refractivity contribution in [2.24, 2.45) is 0 Å². The molecule has 0 saturated carbocycles. The number of aromatic nitrogens is 2. The summed E-state index contributed by atoms with van der Waals surface area (Å²) in [5.74, 6) is 0.0992. The number of carbonyl (C=O) groups excluding carboxylic acids is 1. The first-order valence-corrected chi connectivity index (χ1v) is 7.66. The summed E-state index contributed by atoms with van der Waals surface area (Å²) < 4.78 is 3.77. The van der Waals surface area contributed by atoms with E-state index in [9.17, 15) is 4.79 Å². The van der Waals surface area contributed by atoms with Crippen molar-refractivity contribution in [3.8, 4) is 0 Å². The molecule has 1 atom stereocenters. The molecule has 2 N–H and O–H groups in total. The van der Waals surface area contributed by atoms with Gasteiger partial charge in [-0.15, -0.1) is 5.10 Å². The van der Waals surface area contributed by atoms with Gasteiger partial charge in [-0.3, -0.25) is 9.69 Å².